The second kappa shape index (κ2) is 3.77. The zero-order valence-electron chi connectivity index (χ0n) is 7.63. The third kappa shape index (κ3) is 1.88. The van der Waals surface area contributed by atoms with Crippen molar-refractivity contribution in [1.82, 2.24) is 0 Å². The molecule has 0 aliphatic carbocycles. The van der Waals surface area contributed by atoms with Crippen molar-refractivity contribution in [2.24, 2.45) is 0 Å². The number of ether oxygens (including phenoxy) is 1. The number of ketones is 1. The third-order valence-corrected chi connectivity index (χ3v) is 1.73. The Labute approximate surface area is 77.5 Å². The molecule has 1 aromatic carbocycles. The summed E-state index contributed by atoms with van der Waals surface area (Å²) < 4.78 is 5.03. The highest BCUT2D eigenvalue weighted by atomic mass is 16.5. The lowest BCUT2D eigenvalue weighted by Gasteiger charge is -2.05. The minimum absolute atomic E-state index is 0.350. The number of carbonyl (C=O) groups excluding carboxylic acids is 1. The first kappa shape index (κ1) is 9.34. The van der Waals surface area contributed by atoms with E-state index in [-0.39, 0.29) is 5.78 Å². The molecule has 0 amide bonds. The van der Waals surface area contributed by atoms with Crippen LogP contribution in [0.5, 0.6) is 5.75 Å². The van der Waals surface area contributed by atoms with Crippen LogP contribution in [0.25, 0.3) is 0 Å². The van der Waals surface area contributed by atoms with Crippen molar-refractivity contribution in [1.29, 1.82) is 0 Å². The number of hydrogen-bond acceptors (Lipinski definition) is 2. The van der Waals surface area contributed by atoms with Crippen molar-refractivity contribution < 1.29 is 9.53 Å². The highest BCUT2D eigenvalue weighted by Crippen LogP contribution is 2.19. The van der Waals surface area contributed by atoms with Crippen LogP contribution in [0.3, 0.4) is 0 Å². The van der Waals surface area contributed by atoms with Crippen molar-refractivity contribution >= 4 is 5.78 Å². The maximum absolute atomic E-state index is 11.2. The zero-order chi connectivity index (χ0) is 9.84. The minimum atomic E-state index is -0.350. The summed E-state index contributed by atoms with van der Waals surface area (Å²) in [7, 11) is 1.52. The predicted octanol–water partition coefficient (Wildman–Crippen LogP) is 1.82. The van der Waals surface area contributed by atoms with Gasteiger partial charge < -0.3 is 4.74 Å². The molecular formula is C11H10O2. The Kier molecular flexibility index (Phi) is 2.71. The van der Waals surface area contributed by atoms with Crippen LogP contribution in [-0.2, 0) is 0 Å². The predicted molar refractivity (Wildman–Crippen MR) is 50.9 cm³/mol. The fraction of sp³-hybridized carbons (Fsp3) is 0.182. The first-order valence-corrected chi connectivity index (χ1v) is 3.84. The van der Waals surface area contributed by atoms with E-state index in [2.05, 4.69) is 5.92 Å². The largest absolute Gasteiger partial charge is 0.496 e. The average molecular weight is 174 g/mol. The highest BCUT2D eigenvalue weighted by molar-refractivity contribution is 6.10. The molecule has 1 rings (SSSR count). The van der Waals surface area contributed by atoms with E-state index >= 15 is 0 Å². The Morgan fingerprint density at radius 3 is 2.77 bits per heavy atom. The maximum Gasteiger partial charge on any atom is 0.239 e. The van der Waals surface area contributed by atoms with Gasteiger partial charge >= 0.3 is 0 Å². The van der Waals surface area contributed by atoms with Crippen LogP contribution >= 0.6 is 0 Å². The van der Waals surface area contributed by atoms with E-state index in [1.807, 2.05) is 13.0 Å². The molecule has 13 heavy (non-hydrogen) atoms. The first-order valence-electron chi connectivity index (χ1n) is 3.84. The van der Waals surface area contributed by atoms with Crippen LogP contribution in [0.2, 0.25) is 0 Å². The standard InChI is InChI=1S/C11H10O2/c1-4-10(12)9-6-5-8(2)7-11(9)13-3/h1,5-7H,2-3H3. The molecule has 0 fully saturated rings. The lowest BCUT2D eigenvalue weighted by molar-refractivity contribution is 0.105. The fourth-order valence-electron chi connectivity index (χ4n) is 1.06. The number of Topliss-reactive ketones (excluding diaryl/α,β-unsaturated/α-hetero) is 1. The van der Waals surface area contributed by atoms with Crippen LogP contribution in [0.4, 0.5) is 0 Å². The third-order valence-electron chi connectivity index (χ3n) is 1.73. The summed E-state index contributed by atoms with van der Waals surface area (Å²) in [6, 6.07) is 5.29. The van der Waals surface area contributed by atoms with E-state index in [9.17, 15) is 4.79 Å². The molecule has 66 valence electrons. The van der Waals surface area contributed by atoms with Gasteiger partial charge in [0.15, 0.2) is 0 Å². The molecule has 0 saturated heterocycles. The number of terminal acetylenes is 1. The topological polar surface area (TPSA) is 26.3 Å². The fourth-order valence-corrected chi connectivity index (χ4v) is 1.06. The molecule has 2 heteroatoms. The lowest BCUT2D eigenvalue weighted by Crippen LogP contribution is -1.99. The van der Waals surface area contributed by atoms with Crippen LogP contribution in [0.15, 0.2) is 18.2 Å². The first-order chi connectivity index (χ1) is 6.19. The molecule has 1 aromatic rings. The van der Waals surface area contributed by atoms with Crippen molar-refractivity contribution in [3.63, 3.8) is 0 Å². The maximum atomic E-state index is 11.2. The molecule has 0 saturated carbocycles. The van der Waals surface area contributed by atoms with Crippen molar-refractivity contribution in [2.45, 2.75) is 6.92 Å². The van der Waals surface area contributed by atoms with Gasteiger partial charge in [0.05, 0.1) is 12.7 Å². The van der Waals surface area contributed by atoms with E-state index in [1.54, 1.807) is 12.1 Å². The van der Waals surface area contributed by atoms with Crippen LogP contribution in [0, 0.1) is 19.3 Å². The summed E-state index contributed by atoms with van der Waals surface area (Å²) in [5, 5.41) is 0. The van der Waals surface area contributed by atoms with Gasteiger partial charge in [0.1, 0.15) is 5.75 Å². The van der Waals surface area contributed by atoms with Gasteiger partial charge in [-0.2, -0.15) is 0 Å². The molecule has 0 heterocycles. The number of benzene rings is 1. The van der Waals surface area contributed by atoms with Gasteiger partial charge in [-0.05, 0) is 30.5 Å². The molecular weight excluding hydrogens is 164 g/mol. The normalized spacial score (nSPS) is 9.00. The summed E-state index contributed by atoms with van der Waals surface area (Å²) in [4.78, 5) is 11.2. The monoisotopic (exact) mass is 174 g/mol. The smallest absolute Gasteiger partial charge is 0.239 e. The van der Waals surface area contributed by atoms with Gasteiger partial charge in [0.25, 0.3) is 0 Å². The van der Waals surface area contributed by atoms with Gasteiger partial charge in [0.2, 0.25) is 5.78 Å². The Morgan fingerprint density at radius 1 is 1.54 bits per heavy atom. The Morgan fingerprint density at radius 2 is 2.23 bits per heavy atom. The molecule has 0 N–H and O–H groups in total. The molecule has 0 aliphatic heterocycles. The van der Waals surface area contributed by atoms with Gasteiger partial charge in [-0.25, -0.2) is 0 Å². The summed E-state index contributed by atoms with van der Waals surface area (Å²) >= 11 is 0. The van der Waals surface area contributed by atoms with Gasteiger partial charge in [-0.1, -0.05) is 6.07 Å². The average Bonchev–Trinajstić information content (AvgIpc) is 2.16. The molecule has 0 atom stereocenters. The summed E-state index contributed by atoms with van der Waals surface area (Å²) in [6.45, 7) is 1.92. The Hall–Kier alpha value is -1.75. The van der Waals surface area contributed by atoms with Crippen molar-refractivity contribution in [2.75, 3.05) is 7.11 Å². The molecule has 0 aromatic heterocycles. The second-order valence-electron chi connectivity index (χ2n) is 2.68. The highest BCUT2D eigenvalue weighted by Gasteiger charge is 2.08. The molecule has 2 nitrogen and oxygen atoms in total. The molecule has 0 spiro atoms. The Bertz CT molecular complexity index is 372. The zero-order valence-corrected chi connectivity index (χ0v) is 7.63. The van der Waals surface area contributed by atoms with Gasteiger partial charge in [0, 0.05) is 0 Å². The van der Waals surface area contributed by atoms with Crippen LogP contribution in [0.1, 0.15) is 15.9 Å². The number of aryl methyl sites for hydroxylation is 1. The summed E-state index contributed by atoms with van der Waals surface area (Å²) in [5.74, 6) is 2.24. The Balaban J connectivity index is 3.23. The molecule has 0 aliphatic rings. The van der Waals surface area contributed by atoms with Crippen LogP contribution < -0.4 is 4.74 Å². The van der Waals surface area contributed by atoms with Crippen LogP contribution in [-0.4, -0.2) is 12.9 Å². The van der Waals surface area contributed by atoms with Crippen molar-refractivity contribution in [3.8, 4) is 18.1 Å². The number of methoxy groups -OCH3 is 1. The van der Waals surface area contributed by atoms with E-state index in [1.165, 1.54) is 7.11 Å². The summed E-state index contributed by atoms with van der Waals surface area (Å²) in [5.41, 5.74) is 1.47. The van der Waals surface area contributed by atoms with E-state index in [0.29, 0.717) is 11.3 Å². The second-order valence-corrected chi connectivity index (χ2v) is 2.68. The summed E-state index contributed by atoms with van der Waals surface area (Å²) in [6.07, 6.45) is 5.01. The SMILES string of the molecule is C#CC(=O)c1ccc(C)cc1OC. The quantitative estimate of drug-likeness (QED) is 0.388. The number of carbonyl (C=O) groups is 1. The van der Waals surface area contributed by atoms with E-state index in [0.717, 1.165) is 5.56 Å². The van der Waals surface area contributed by atoms with Crippen molar-refractivity contribution in [3.05, 3.63) is 29.3 Å². The van der Waals surface area contributed by atoms with Gasteiger partial charge in [-0.15, -0.1) is 6.42 Å². The van der Waals surface area contributed by atoms with E-state index < -0.39 is 0 Å². The van der Waals surface area contributed by atoms with E-state index in [4.69, 9.17) is 11.2 Å². The van der Waals surface area contributed by atoms with Gasteiger partial charge in [-0.3, -0.25) is 4.79 Å². The number of rotatable bonds is 2. The molecule has 0 unspecified atom stereocenters. The lowest BCUT2D eigenvalue weighted by atomic mass is 10.1. The molecule has 0 bridgehead atoms. The number of hydrogen-bond donors (Lipinski definition) is 0. The molecule has 0 radical (unpaired) electrons. The minimum Gasteiger partial charge on any atom is -0.496 e.